The van der Waals surface area contributed by atoms with Crippen molar-refractivity contribution in [2.75, 3.05) is 13.1 Å². The van der Waals surface area contributed by atoms with Gasteiger partial charge in [-0.25, -0.2) is 4.98 Å². The molecular weight excluding hydrogens is 288 g/mol. The molecule has 0 N–H and O–H groups in total. The summed E-state index contributed by atoms with van der Waals surface area (Å²) in [5, 5.41) is 11.0. The Bertz CT molecular complexity index is 574. The van der Waals surface area contributed by atoms with Gasteiger partial charge in [-0.15, -0.1) is 10.2 Å². The molecule has 6 nitrogen and oxygen atoms in total. The van der Waals surface area contributed by atoms with Crippen LogP contribution in [0.15, 0.2) is 16.0 Å². The highest BCUT2D eigenvalue weighted by atomic mass is 32.1. The van der Waals surface area contributed by atoms with Gasteiger partial charge in [0.05, 0.1) is 6.54 Å². The number of hydrogen-bond acceptors (Lipinski definition) is 7. The van der Waals surface area contributed by atoms with Gasteiger partial charge in [-0.05, 0) is 25.7 Å². The molecule has 1 aliphatic carbocycles. The number of nitrogens with zero attached hydrogens (tertiary/aromatic N) is 4. The molecular formula is C14H18N4O2S. The Hall–Kier alpha value is -1.47. The van der Waals surface area contributed by atoms with Gasteiger partial charge in [-0.1, -0.05) is 11.3 Å². The summed E-state index contributed by atoms with van der Waals surface area (Å²) < 4.78 is 11.6. The first-order valence-electron chi connectivity index (χ1n) is 7.47. The number of piperidine rings is 1. The van der Waals surface area contributed by atoms with E-state index in [1.54, 1.807) is 17.5 Å². The lowest BCUT2D eigenvalue weighted by Gasteiger charge is -2.30. The molecule has 0 spiro atoms. The quantitative estimate of drug-likeness (QED) is 0.845. The second-order valence-corrected chi connectivity index (χ2v) is 6.56. The van der Waals surface area contributed by atoms with Crippen molar-refractivity contribution in [3.8, 4) is 5.19 Å². The zero-order valence-corrected chi connectivity index (χ0v) is 12.6. The van der Waals surface area contributed by atoms with Gasteiger partial charge in [0.2, 0.25) is 11.8 Å². The molecule has 0 bridgehead atoms. The van der Waals surface area contributed by atoms with E-state index in [-0.39, 0.29) is 6.10 Å². The standard InChI is InChI=1S/C14H18N4O2S/c1-2-10(1)13-17-16-12(20-13)9-18-6-3-11(4-7-18)19-14-15-5-8-21-14/h5,8,10-11H,1-4,6-7,9H2. The normalized spacial score (nSPS) is 20.8. The summed E-state index contributed by atoms with van der Waals surface area (Å²) in [6.07, 6.45) is 6.48. The molecule has 2 aromatic heterocycles. The predicted molar refractivity (Wildman–Crippen MR) is 77.3 cm³/mol. The van der Waals surface area contributed by atoms with Gasteiger partial charge in [0.15, 0.2) is 0 Å². The van der Waals surface area contributed by atoms with Gasteiger partial charge in [-0.3, -0.25) is 4.90 Å². The van der Waals surface area contributed by atoms with E-state index in [2.05, 4.69) is 20.1 Å². The first-order valence-corrected chi connectivity index (χ1v) is 8.35. The van der Waals surface area contributed by atoms with E-state index in [0.717, 1.165) is 49.5 Å². The highest BCUT2D eigenvalue weighted by Crippen LogP contribution is 2.39. The number of likely N-dealkylation sites (tertiary alicyclic amines) is 1. The van der Waals surface area contributed by atoms with Crippen molar-refractivity contribution in [1.29, 1.82) is 0 Å². The second kappa shape index (κ2) is 5.73. The maximum atomic E-state index is 5.87. The summed E-state index contributed by atoms with van der Waals surface area (Å²) >= 11 is 1.55. The molecule has 112 valence electrons. The van der Waals surface area contributed by atoms with Gasteiger partial charge in [0.1, 0.15) is 6.10 Å². The molecule has 0 aromatic carbocycles. The molecule has 4 rings (SSSR count). The fourth-order valence-corrected chi connectivity index (χ4v) is 3.16. The fourth-order valence-electron chi connectivity index (χ4n) is 2.61. The SMILES string of the molecule is c1csc(OC2CCN(Cc3nnc(C4CC4)o3)CC2)n1. The smallest absolute Gasteiger partial charge is 0.273 e. The summed E-state index contributed by atoms with van der Waals surface area (Å²) in [6, 6.07) is 0. The van der Waals surface area contributed by atoms with Crippen LogP contribution in [0.2, 0.25) is 0 Å². The Morgan fingerprint density at radius 3 is 2.81 bits per heavy atom. The Morgan fingerprint density at radius 1 is 1.24 bits per heavy atom. The van der Waals surface area contributed by atoms with E-state index in [1.165, 1.54) is 12.8 Å². The van der Waals surface area contributed by atoms with E-state index in [0.29, 0.717) is 5.92 Å². The number of ether oxygens (including phenoxy) is 1. The zero-order valence-electron chi connectivity index (χ0n) is 11.8. The molecule has 3 heterocycles. The number of aromatic nitrogens is 3. The number of hydrogen-bond donors (Lipinski definition) is 0. The molecule has 0 unspecified atom stereocenters. The monoisotopic (exact) mass is 306 g/mol. The average Bonchev–Trinajstić information content (AvgIpc) is 3.03. The predicted octanol–water partition coefficient (Wildman–Crippen LogP) is 2.45. The van der Waals surface area contributed by atoms with E-state index >= 15 is 0 Å². The van der Waals surface area contributed by atoms with Gasteiger partial charge in [-0.2, -0.15) is 0 Å². The second-order valence-electron chi connectivity index (χ2n) is 5.70. The van der Waals surface area contributed by atoms with E-state index in [4.69, 9.17) is 9.15 Å². The van der Waals surface area contributed by atoms with Crippen molar-refractivity contribution >= 4 is 11.3 Å². The van der Waals surface area contributed by atoms with Gasteiger partial charge < -0.3 is 9.15 Å². The molecule has 0 atom stereocenters. The van der Waals surface area contributed by atoms with Crippen molar-refractivity contribution in [2.45, 2.75) is 44.2 Å². The van der Waals surface area contributed by atoms with Crippen molar-refractivity contribution < 1.29 is 9.15 Å². The van der Waals surface area contributed by atoms with Crippen molar-refractivity contribution in [3.63, 3.8) is 0 Å². The van der Waals surface area contributed by atoms with Crippen LogP contribution in [0.3, 0.4) is 0 Å². The van der Waals surface area contributed by atoms with Crippen molar-refractivity contribution in [2.24, 2.45) is 0 Å². The highest BCUT2D eigenvalue weighted by Gasteiger charge is 2.30. The lowest BCUT2D eigenvalue weighted by Crippen LogP contribution is -2.37. The molecule has 7 heteroatoms. The molecule has 2 aromatic rings. The lowest BCUT2D eigenvalue weighted by atomic mass is 10.1. The van der Waals surface area contributed by atoms with Crippen molar-refractivity contribution in [3.05, 3.63) is 23.4 Å². The molecule has 21 heavy (non-hydrogen) atoms. The van der Waals surface area contributed by atoms with Crippen LogP contribution in [-0.2, 0) is 6.54 Å². The maximum Gasteiger partial charge on any atom is 0.273 e. The van der Waals surface area contributed by atoms with Crippen LogP contribution >= 0.6 is 11.3 Å². The van der Waals surface area contributed by atoms with Gasteiger partial charge in [0, 0.05) is 30.6 Å². The molecule has 0 radical (unpaired) electrons. The Balaban J connectivity index is 1.26. The molecule has 1 saturated carbocycles. The van der Waals surface area contributed by atoms with E-state index in [1.807, 2.05) is 5.38 Å². The molecule has 1 aliphatic heterocycles. The maximum absolute atomic E-state index is 5.87. The number of thiazole rings is 1. The van der Waals surface area contributed by atoms with Crippen LogP contribution in [0.4, 0.5) is 0 Å². The minimum absolute atomic E-state index is 0.275. The Morgan fingerprint density at radius 2 is 2.10 bits per heavy atom. The van der Waals surface area contributed by atoms with Crippen LogP contribution < -0.4 is 4.74 Å². The molecule has 1 saturated heterocycles. The zero-order chi connectivity index (χ0) is 14.1. The Labute approximate surface area is 127 Å². The largest absolute Gasteiger partial charge is 0.467 e. The summed E-state index contributed by atoms with van der Waals surface area (Å²) in [4.78, 5) is 6.52. The van der Waals surface area contributed by atoms with Crippen LogP contribution in [0.25, 0.3) is 0 Å². The third-order valence-electron chi connectivity index (χ3n) is 3.98. The first-order chi connectivity index (χ1) is 10.4. The summed E-state index contributed by atoms with van der Waals surface area (Å²) in [6.45, 7) is 2.75. The van der Waals surface area contributed by atoms with Crippen LogP contribution in [0.1, 0.15) is 43.4 Å². The number of rotatable bonds is 5. The van der Waals surface area contributed by atoms with E-state index < -0.39 is 0 Å². The van der Waals surface area contributed by atoms with Gasteiger partial charge >= 0.3 is 0 Å². The molecule has 2 aliphatic rings. The summed E-state index contributed by atoms with van der Waals surface area (Å²) in [7, 11) is 0. The average molecular weight is 306 g/mol. The summed E-state index contributed by atoms with van der Waals surface area (Å²) in [5.74, 6) is 2.10. The fraction of sp³-hybridized carbons (Fsp3) is 0.643. The summed E-state index contributed by atoms with van der Waals surface area (Å²) in [5.41, 5.74) is 0. The molecule has 0 amide bonds. The van der Waals surface area contributed by atoms with Gasteiger partial charge in [0.25, 0.3) is 5.19 Å². The van der Waals surface area contributed by atoms with E-state index in [9.17, 15) is 0 Å². The minimum atomic E-state index is 0.275. The third kappa shape index (κ3) is 3.24. The Kier molecular flexibility index (Phi) is 3.60. The van der Waals surface area contributed by atoms with Crippen LogP contribution in [-0.4, -0.2) is 39.3 Å². The lowest BCUT2D eigenvalue weighted by molar-refractivity contribution is 0.0913. The van der Waals surface area contributed by atoms with Crippen LogP contribution in [0.5, 0.6) is 5.19 Å². The highest BCUT2D eigenvalue weighted by molar-refractivity contribution is 7.11. The topological polar surface area (TPSA) is 64.3 Å². The minimum Gasteiger partial charge on any atom is -0.467 e. The van der Waals surface area contributed by atoms with Crippen molar-refractivity contribution in [1.82, 2.24) is 20.1 Å². The first kappa shape index (κ1) is 13.2. The third-order valence-corrected chi connectivity index (χ3v) is 4.64. The molecule has 2 fully saturated rings. The van der Waals surface area contributed by atoms with Crippen LogP contribution in [0, 0.1) is 0 Å².